The first-order chi connectivity index (χ1) is 8.65. The number of likely N-dealkylation sites (tertiary alicyclic amines) is 1. The second kappa shape index (κ2) is 5.85. The molecule has 0 saturated carbocycles. The second-order valence-electron chi connectivity index (χ2n) is 5.61. The van der Waals surface area contributed by atoms with Crippen LogP contribution in [0, 0.1) is 13.8 Å². The summed E-state index contributed by atoms with van der Waals surface area (Å²) >= 11 is 0. The summed E-state index contributed by atoms with van der Waals surface area (Å²) < 4.78 is 0. The third-order valence-electron chi connectivity index (χ3n) is 4.15. The van der Waals surface area contributed by atoms with Crippen LogP contribution < -0.4 is 5.73 Å². The number of nitrogens with two attached hydrogens (primary N) is 1. The van der Waals surface area contributed by atoms with E-state index in [1.54, 1.807) is 0 Å². The lowest BCUT2D eigenvalue weighted by molar-refractivity contribution is 0.180. The van der Waals surface area contributed by atoms with Crippen LogP contribution in [0.15, 0.2) is 18.2 Å². The molecule has 1 aliphatic rings. The van der Waals surface area contributed by atoms with Gasteiger partial charge in [-0.2, -0.15) is 0 Å². The van der Waals surface area contributed by atoms with E-state index in [0.29, 0.717) is 6.04 Å². The number of aryl methyl sites for hydroxylation is 2. The Bertz CT molecular complexity index is 380. The van der Waals surface area contributed by atoms with Crippen LogP contribution in [-0.4, -0.2) is 24.0 Å². The quantitative estimate of drug-likeness (QED) is 0.884. The molecule has 1 aromatic carbocycles. The third-order valence-corrected chi connectivity index (χ3v) is 4.15. The van der Waals surface area contributed by atoms with Crippen molar-refractivity contribution in [3.05, 3.63) is 34.9 Å². The van der Waals surface area contributed by atoms with Crippen LogP contribution in [0.25, 0.3) is 0 Å². The van der Waals surface area contributed by atoms with E-state index in [2.05, 4.69) is 43.9 Å². The average Bonchev–Trinajstić information content (AvgIpc) is 2.77. The lowest BCUT2D eigenvalue weighted by Crippen LogP contribution is -2.37. The molecule has 2 heteroatoms. The first-order valence-electron chi connectivity index (χ1n) is 7.19. The Morgan fingerprint density at radius 3 is 2.50 bits per heavy atom. The molecule has 1 fully saturated rings. The molecule has 1 heterocycles. The molecular weight excluding hydrogens is 220 g/mol. The fraction of sp³-hybridized carbons (Fsp3) is 0.625. The van der Waals surface area contributed by atoms with Crippen molar-refractivity contribution in [3.8, 4) is 0 Å². The fourth-order valence-corrected chi connectivity index (χ4v) is 3.37. The van der Waals surface area contributed by atoms with Crippen molar-refractivity contribution in [2.24, 2.45) is 5.73 Å². The predicted molar refractivity (Wildman–Crippen MR) is 77.7 cm³/mol. The molecule has 2 atom stereocenters. The van der Waals surface area contributed by atoms with Crippen molar-refractivity contribution in [2.45, 2.75) is 52.1 Å². The van der Waals surface area contributed by atoms with Gasteiger partial charge in [0, 0.05) is 18.6 Å². The van der Waals surface area contributed by atoms with Gasteiger partial charge in [0.2, 0.25) is 0 Å². The summed E-state index contributed by atoms with van der Waals surface area (Å²) in [5.74, 6) is 0. The van der Waals surface area contributed by atoms with Gasteiger partial charge < -0.3 is 5.73 Å². The van der Waals surface area contributed by atoms with E-state index in [-0.39, 0.29) is 0 Å². The minimum Gasteiger partial charge on any atom is -0.329 e. The number of rotatable bonds is 4. The van der Waals surface area contributed by atoms with Gasteiger partial charge in [-0.3, -0.25) is 4.90 Å². The number of hydrogen-bond acceptors (Lipinski definition) is 2. The van der Waals surface area contributed by atoms with Gasteiger partial charge in [-0.15, -0.1) is 0 Å². The zero-order valence-corrected chi connectivity index (χ0v) is 11.9. The first-order valence-corrected chi connectivity index (χ1v) is 7.19. The maximum Gasteiger partial charge on any atom is 0.0473 e. The number of hydrogen-bond donors (Lipinski definition) is 1. The molecule has 100 valence electrons. The smallest absolute Gasteiger partial charge is 0.0473 e. The molecule has 0 radical (unpaired) electrons. The predicted octanol–water partition coefficient (Wildman–Crippen LogP) is 3.18. The minimum atomic E-state index is 0.399. The molecule has 0 bridgehead atoms. The summed E-state index contributed by atoms with van der Waals surface area (Å²) in [7, 11) is 0. The lowest BCUT2D eigenvalue weighted by Gasteiger charge is -2.32. The van der Waals surface area contributed by atoms with E-state index >= 15 is 0 Å². The third kappa shape index (κ3) is 2.76. The normalized spacial score (nSPS) is 22.3. The number of nitrogens with zero attached hydrogens (tertiary/aromatic N) is 1. The molecule has 2 rings (SSSR count). The van der Waals surface area contributed by atoms with Crippen molar-refractivity contribution < 1.29 is 0 Å². The van der Waals surface area contributed by atoms with Gasteiger partial charge in [-0.05, 0) is 45.2 Å². The van der Waals surface area contributed by atoms with Gasteiger partial charge in [0.25, 0.3) is 0 Å². The zero-order valence-electron chi connectivity index (χ0n) is 11.9. The summed E-state index contributed by atoms with van der Waals surface area (Å²) in [6, 6.07) is 7.96. The van der Waals surface area contributed by atoms with Crippen LogP contribution in [0.1, 0.15) is 48.9 Å². The van der Waals surface area contributed by atoms with Crippen molar-refractivity contribution in [3.63, 3.8) is 0 Å². The molecule has 1 aliphatic heterocycles. The summed E-state index contributed by atoms with van der Waals surface area (Å²) in [5.41, 5.74) is 10.1. The molecule has 2 nitrogen and oxygen atoms in total. The molecular formula is C16H26N2. The molecule has 1 aromatic rings. The Morgan fingerprint density at radius 1 is 1.28 bits per heavy atom. The molecule has 2 N–H and O–H groups in total. The van der Waals surface area contributed by atoms with Gasteiger partial charge in [0.05, 0.1) is 0 Å². The average molecular weight is 246 g/mol. The van der Waals surface area contributed by atoms with E-state index in [9.17, 15) is 0 Å². The minimum absolute atomic E-state index is 0.399. The second-order valence-corrected chi connectivity index (χ2v) is 5.61. The Morgan fingerprint density at radius 2 is 1.94 bits per heavy atom. The summed E-state index contributed by atoms with van der Waals surface area (Å²) in [5, 5.41) is 0. The first kappa shape index (κ1) is 13.6. The van der Waals surface area contributed by atoms with Crippen LogP contribution in [-0.2, 0) is 0 Å². The van der Waals surface area contributed by atoms with Crippen molar-refractivity contribution in [2.75, 3.05) is 13.1 Å². The van der Waals surface area contributed by atoms with E-state index in [1.165, 1.54) is 42.5 Å². The Labute approximate surface area is 111 Å². The summed E-state index contributed by atoms with van der Waals surface area (Å²) in [6.45, 7) is 8.56. The van der Waals surface area contributed by atoms with Crippen LogP contribution in [0.5, 0.6) is 0 Å². The monoisotopic (exact) mass is 246 g/mol. The highest BCUT2D eigenvalue weighted by Gasteiger charge is 2.29. The molecule has 18 heavy (non-hydrogen) atoms. The maximum atomic E-state index is 6.06. The molecule has 0 spiro atoms. The summed E-state index contributed by atoms with van der Waals surface area (Å²) in [6.07, 6.45) is 3.89. The largest absolute Gasteiger partial charge is 0.329 e. The van der Waals surface area contributed by atoms with E-state index in [4.69, 9.17) is 5.73 Å². The molecule has 0 aliphatic carbocycles. The van der Waals surface area contributed by atoms with Gasteiger partial charge in [0.15, 0.2) is 0 Å². The summed E-state index contributed by atoms with van der Waals surface area (Å²) in [4.78, 5) is 2.62. The van der Waals surface area contributed by atoms with E-state index in [0.717, 1.165) is 12.6 Å². The van der Waals surface area contributed by atoms with Crippen LogP contribution in [0.3, 0.4) is 0 Å². The highest BCUT2D eigenvalue weighted by Crippen LogP contribution is 2.31. The van der Waals surface area contributed by atoms with Crippen LogP contribution in [0.2, 0.25) is 0 Å². The van der Waals surface area contributed by atoms with Gasteiger partial charge in [0.1, 0.15) is 0 Å². The highest BCUT2D eigenvalue weighted by molar-refractivity contribution is 5.31. The number of benzene rings is 1. The van der Waals surface area contributed by atoms with Crippen LogP contribution in [0.4, 0.5) is 0 Å². The fourth-order valence-electron chi connectivity index (χ4n) is 3.37. The molecule has 0 amide bonds. The Kier molecular flexibility index (Phi) is 4.41. The van der Waals surface area contributed by atoms with Crippen LogP contribution >= 0.6 is 0 Å². The van der Waals surface area contributed by atoms with E-state index in [1.807, 2.05) is 0 Å². The zero-order chi connectivity index (χ0) is 13.1. The van der Waals surface area contributed by atoms with Gasteiger partial charge in [-0.25, -0.2) is 0 Å². The molecule has 1 saturated heterocycles. The maximum absolute atomic E-state index is 6.06. The van der Waals surface area contributed by atoms with Crippen molar-refractivity contribution in [1.29, 1.82) is 0 Å². The Hall–Kier alpha value is -0.860. The SMILES string of the molecule is CCC1CCCN1C(CN)c1cc(C)cc(C)c1. The van der Waals surface area contributed by atoms with E-state index < -0.39 is 0 Å². The Balaban J connectivity index is 2.27. The van der Waals surface area contributed by atoms with Gasteiger partial charge >= 0.3 is 0 Å². The molecule has 0 aromatic heterocycles. The van der Waals surface area contributed by atoms with Crippen molar-refractivity contribution >= 4 is 0 Å². The topological polar surface area (TPSA) is 29.3 Å². The van der Waals surface area contributed by atoms with Gasteiger partial charge in [-0.1, -0.05) is 36.2 Å². The van der Waals surface area contributed by atoms with Crippen molar-refractivity contribution in [1.82, 2.24) is 4.90 Å². The standard InChI is InChI=1S/C16H26N2/c1-4-15-6-5-7-18(15)16(11-17)14-9-12(2)8-13(3)10-14/h8-10,15-16H,4-7,11,17H2,1-3H3. The lowest BCUT2D eigenvalue weighted by atomic mass is 9.99. The molecule has 2 unspecified atom stereocenters. The highest BCUT2D eigenvalue weighted by atomic mass is 15.2.